The summed E-state index contributed by atoms with van der Waals surface area (Å²) in [6.45, 7) is 0. The van der Waals surface area contributed by atoms with Crippen LogP contribution >= 0.6 is 15.9 Å². The molecule has 1 aromatic carbocycles. The molecular formula is C11H10BrF2N3O4. The van der Waals surface area contributed by atoms with Crippen molar-refractivity contribution in [3.8, 4) is 0 Å². The minimum Gasteiger partial charge on any atom is -0.480 e. The molecule has 3 amide bonds. The highest BCUT2D eigenvalue weighted by Crippen LogP contribution is 2.23. The summed E-state index contributed by atoms with van der Waals surface area (Å²) in [5.74, 6) is -4.33. The third kappa shape index (κ3) is 4.99. The molecule has 1 atom stereocenters. The van der Waals surface area contributed by atoms with Crippen LogP contribution in [0.5, 0.6) is 0 Å². The topological polar surface area (TPSA) is 122 Å². The number of carbonyl (C=O) groups excluding carboxylic acids is 2. The number of hydrogen-bond acceptors (Lipinski definition) is 3. The molecule has 0 aliphatic carbocycles. The number of carbonyl (C=O) groups is 3. The number of hydrogen-bond donors (Lipinski definition) is 4. The van der Waals surface area contributed by atoms with Gasteiger partial charge in [-0.05, 0) is 22.0 Å². The molecule has 0 heterocycles. The number of primary amides is 1. The first-order valence-electron chi connectivity index (χ1n) is 5.44. The van der Waals surface area contributed by atoms with Gasteiger partial charge in [0.1, 0.15) is 17.7 Å². The van der Waals surface area contributed by atoms with Gasteiger partial charge in [0.2, 0.25) is 5.91 Å². The normalized spacial score (nSPS) is 11.6. The SMILES string of the molecule is NC(=O)C[C@@H](NC(=O)Nc1cc(Br)c(F)cc1F)C(=O)O. The maximum absolute atomic E-state index is 13.4. The molecule has 0 aliphatic heterocycles. The Morgan fingerprint density at radius 3 is 2.43 bits per heavy atom. The van der Waals surface area contributed by atoms with Crippen LogP contribution in [-0.2, 0) is 9.59 Å². The van der Waals surface area contributed by atoms with Gasteiger partial charge < -0.3 is 21.5 Å². The van der Waals surface area contributed by atoms with Crippen LogP contribution < -0.4 is 16.4 Å². The molecule has 0 unspecified atom stereocenters. The standard InChI is InChI=1S/C11H10BrF2N3O4/c12-4-1-7(6(14)2-5(4)13)16-11(21)17-8(10(19)20)3-9(15)18/h1-2,8H,3H2,(H2,15,18)(H,19,20)(H2,16,17,21)/t8-/m1/s1. The van der Waals surface area contributed by atoms with E-state index < -0.39 is 42.0 Å². The molecule has 0 fully saturated rings. The van der Waals surface area contributed by atoms with E-state index in [1.54, 1.807) is 0 Å². The number of carboxylic acid groups (broad SMARTS) is 1. The highest BCUT2D eigenvalue weighted by Gasteiger charge is 2.22. The molecule has 0 spiro atoms. The molecule has 0 saturated carbocycles. The first kappa shape index (κ1) is 16.8. The third-order valence-corrected chi connectivity index (χ3v) is 2.87. The lowest BCUT2D eigenvalue weighted by Gasteiger charge is -2.14. The zero-order valence-electron chi connectivity index (χ0n) is 10.3. The number of rotatable bonds is 5. The predicted molar refractivity (Wildman–Crippen MR) is 71.4 cm³/mol. The smallest absolute Gasteiger partial charge is 0.326 e. The fourth-order valence-electron chi connectivity index (χ4n) is 1.34. The predicted octanol–water partition coefficient (Wildman–Crippen LogP) is 1.18. The first-order chi connectivity index (χ1) is 9.70. The molecule has 5 N–H and O–H groups in total. The van der Waals surface area contributed by atoms with Crippen molar-refractivity contribution in [2.24, 2.45) is 5.73 Å². The van der Waals surface area contributed by atoms with Gasteiger partial charge in [0.05, 0.1) is 16.6 Å². The zero-order valence-corrected chi connectivity index (χ0v) is 11.9. The van der Waals surface area contributed by atoms with E-state index in [0.29, 0.717) is 6.07 Å². The van der Waals surface area contributed by atoms with Crippen molar-refractivity contribution >= 4 is 39.5 Å². The Hall–Kier alpha value is -2.23. The number of urea groups is 1. The molecule has 114 valence electrons. The summed E-state index contributed by atoms with van der Waals surface area (Å²) >= 11 is 2.81. The highest BCUT2D eigenvalue weighted by molar-refractivity contribution is 9.10. The third-order valence-electron chi connectivity index (χ3n) is 2.27. The molecule has 0 radical (unpaired) electrons. The first-order valence-corrected chi connectivity index (χ1v) is 6.23. The fourth-order valence-corrected chi connectivity index (χ4v) is 1.68. The average molecular weight is 366 g/mol. The average Bonchev–Trinajstić information content (AvgIpc) is 2.34. The van der Waals surface area contributed by atoms with E-state index in [1.807, 2.05) is 10.6 Å². The van der Waals surface area contributed by atoms with E-state index in [2.05, 4.69) is 15.9 Å². The van der Waals surface area contributed by atoms with Gasteiger partial charge >= 0.3 is 12.0 Å². The summed E-state index contributed by atoms with van der Waals surface area (Å²) in [6, 6.07) is -1.14. The minimum absolute atomic E-state index is 0.0916. The number of benzene rings is 1. The van der Waals surface area contributed by atoms with Crippen molar-refractivity contribution in [1.29, 1.82) is 0 Å². The van der Waals surface area contributed by atoms with E-state index >= 15 is 0 Å². The van der Waals surface area contributed by atoms with Gasteiger partial charge in [-0.25, -0.2) is 18.4 Å². The van der Waals surface area contributed by atoms with Gasteiger partial charge in [0, 0.05) is 6.07 Å². The van der Waals surface area contributed by atoms with Crippen LogP contribution in [0.2, 0.25) is 0 Å². The Labute approximate surface area is 125 Å². The lowest BCUT2D eigenvalue weighted by Crippen LogP contribution is -2.45. The van der Waals surface area contributed by atoms with Crippen molar-refractivity contribution in [2.75, 3.05) is 5.32 Å². The Morgan fingerprint density at radius 2 is 1.90 bits per heavy atom. The summed E-state index contributed by atoms with van der Waals surface area (Å²) in [7, 11) is 0. The van der Waals surface area contributed by atoms with Crippen LogP contribution in [0.15, 0.2) is 16.6 Å². The van der Waals surface area contributed by atoms with Gasteiger partial charge in [-0.2, -0.15) is 0 Å². The number of carboxylic acids is 1. The fraction of sp³-hybridized carbons (Fsp3) is 0.182. The summed E-state index contributed by atoms with van der Waals surface area (Å²) in [5, 5.41) is 12.7. The Balaban J connectivity index is 2.79. The molecule has 0 aromatic heterocycles. The second-order valence-electron chi connectivity index (χ2n) is 3.91. The molecule has 0 aliphatic rings. The second-order valence-corrected chi connectivity index (χ2v) is 4.76. The largest absolute Gasteiger partial charge is 0.480 e. The number of amides is 3. The number of nitrogens with two attached hydrogens (primary N) is 1. The van der Waals surface area contributed by atoms with Crippen LogP contribution in [-0.4, -0.2) is 29.1 Å². The molecule has 1 aromatic rings. The summed E-state index contributed by atoms with van der Waals surface area (Å²) in [4.78, 5) is 33.0. The van der Waals surface area contributed by atoms with Crippen molar-refractivity contribution in [1.82, 2.24) is 5.32 Å². The molecule has 7 nitrogen and oxygen atoms in total. The maximum atomic E-state index is 13.4. The Bertz CT molecular complexity index is 597. The zero-order chi connectivity index (χ0) is 16.2. The van der Waals surface area contributed by atoms with Crippen molar-refractivity contribution < 1.29 is 28.3 Å². The van der Waals surface area contributed by atoms with Crippen molar-refractivity contribution in [3.63, 3.8) is 0 Å². The van der Waals surface area contributed by atoms with Crippen LogP contribution in [0.3, 0.4) is 0 Å². The van der Waals surface area contributed by atoms with E-state index in [-0.39, 0.29) is 10.2 Å². The maximum Gasteiger partial charge on any atom is 0.326 e. The van der Waals surface area contributed by atoms with Crippen molar-refractivity contribution in [3.05, 3.63) is 28.2 Å². The molecular weight excluding hydrogens is 356 g/mol. The molecule has 1 rings (SSSR count). The quantitative estimate of drug-likeness (QED) is 0.585. The summed E-state index contributed by atoms with van der Waals surface area (Å²) in [6.07, 6.45) is -0.627. The second kappa shape index (κ2) is 6.97. The summed E-state index contributed by atoms with van der Waals surface area (Å²) in [5.41, 5.74) is 4.47. The molecule has 21 heavy (non-hydrogen) atoms. The van der Waals surface area contributed by atoms with Gasteiger partial charge in [-0.3, -0.25) is 4.79 Å². The highest BCUT2D eigenvalue weighted by atomic mass is 79.9. The van der Waals surface area contributed by atoms with Gasteiger partial charge in [0.15, 0.2) is 0 Å². The van der Waals surface area contributed by atoms with Crippen LogP contribution in [0.4, 0.5) is 19.3 Å². The van der Waals surface area contributed by atoms with Crippen LogP contribution in [0, 0.1) is 11.6 Å². The van der Waals surface area contributed by atoms with Crippen LogP contribution in [0.1, 0.15) is 6.42 Å². The lowest BCUT2D eigenvalue weighted by atomic mass is 10.2. The van der Waals surface area contributed by atoms with Gasteiger partial charge in [0.25, 0.3) is 0 Å². The van der Waals surface area contributed by atoms with Crippen LogP contribution in [0.25, 0.3) is 0 Å². The Kier molecular flexibility index (Phi) is 5.59. The lowest BCUT2D eigenvalue weighted by molar-refractivity contribution is -0.140. The number of aliphatic carboxylic acids is 1. The monoisotopic (exact) mass is 365 g/mol. The van der Waals surface area contributed by atoms with Gasteiger partial charge in [-0.1, -0.05) is 0 Å². The number of nitrogens with one attached hydrogen (secondary N) is 2. The van der Waals surface area contributed by atoms with E-state index in [4.69, 9.17) is 10.8 Å². The minimum atomic E-state index is -1.56. The molecule has 0 bridgehead atoms. The van der Waals surface area contributed by atoms with Crippen molar-refractivity contribution in [2.45, 2.75) is 12.5 Å². The number of anilines is 1. The summed E-state index contributed by atoms with van der Waals surface area (Å²) < 4.78 is 26.3. The Morgan fingerprint density at radius 1 is 1.29 bits per heavy atom. The van der Waals surface area contributed by atoms with Gasteiger partial charge in [-0.15, -0.1) is 0 Å². The molecule has 10 heteroatoms. The van der Waals surface area contributed by atoms with E-state index in [0.717, 1.165) is 6.07 Å². The van der Waals surface area contributed by atoms with E-state index in [9.17, 15) is 23.2 Å². The van der Waals surface area contributed by atoms with E-state index in [1.165, 1.54) is 0 Å². The number of halogens is 3. The molecule has 0 saturated heterocycles.